The second-order valence-electron chi connectivity index (χ2n) is 19.9. The minimum Gasteiger partial charge on any atom is -0.365 e. The predicted molar refractivity (Wildman–Crippen MR) is 212 cm³/mol. The summed E-state index contributed by atoms with van der Waals surface area (Å²) in [5.41, 5.74) is 3.06. The zero-order valence-electron chi connectivity index (χ0n) is 33.9. The van der Waals surface area contributed by atoms with E-state index in [2.05, 4.69) is 117 Å². The van der Waals surface area contributed by atoms with Gasteiger partial charge >= 0.3 is 0 Å². The Hall–Kier alpha value is -1.18. The van der Waals surface area contributed by atoms with Crippen LogP contribution in [0.5, 0.6) is 0 Å². The normalized spacial score (nSPS) is 38.2. The summed E-state index contributed by atoms with van der Waals surface area (Å²) in [5, 5.41) is 0. The standard InChI is InChI=1S/C46H80N2/c1-29(2)39-21-13-33(9)25-43(39)47(44-26-34(10)14-22-40(44)30(3)4)37-17-19-38(20-18-37)48(45-27-35(11)15-23-41(45)31(5)6)46-28-36(12)16-24-42(46)32(7)8/h17-20,29-36,39-46H,13-16,21-28H2,1-12H3. The SMILES string of the molecule is CC1CCC(C(C)C)C(N(c2ccc(N(C3CC(C)CCC3C(C)C)C3CC(C)CCC3C(C)C)cc2)C2CC(C)CCC2C(C)C)C1. The van der Waals surface area contributed by atoms with E-state index < -0.39 is 0 Å². The molecule has 0 radical (unpaired) electrons. The summed E-state index contributed by atoms with van der Waals surface area (Å²) < 4.78 is 0. The van der Waals surface area contributed by atoms with Gasteiger partial charge < -0.3 is 9.80 Å². The molecule has 0 N–H and O–H groups in total. The molecule has 12 unspecified atom stereocenters. The summed E-state index contributed by atoms with van der Waals surface area (Å²) in [6.45, 7) is 30.3. The van der Waals surface area contributed by atoms with Crippen molar-refractivity contribution in [2.45, 2.75) is 184 Å². The van der Waals surface area contributed by atoms with Gasteiger partial charge in [-0.05, 0) is 147 Å². The first kappa shape index (κ1) is 38.1. The fourth-order valence-corrected chi connectivity index (χ4v) is 11.9. The van der Waals surface area contributed by atoms with Gasteiger partial charge in [-0.2, -0.15) is 0 Å². The quantitative estimate of drug-likeness (QED) is 0.246. The van der Waals surface area contributed by atoms with Crippen LogP contribution in [0.25, 0.3) is 0 Å². The van der Waals surface area contributed by atoms with E-state index in [1.165, 1.54) is 88.4 Å². The molecule has 0 amide bonds. The molecule has 4 saturated carbocycles. The summed E-state index contributed by atoms with van der Waals surface area (Å²) in [6, 6.07) is 13.1. The fraction of sp³-hybridized carbons (Fsp3) is 0.870. The van der Waals surface area contributed by atoms with Crippen LogP contribution in [0, 0.1) is 71.0 Å². The first-order chi connectivity index (χ1) is 22.8. The van der Waals surface area contributed by atoms with Crippen LogP contribution < -0.4 is 9.80 Å². The number of anilines is 2. The molecule has 274 valence electrons. The number of benzene rings is 1. The van der Waals surface area contributed by atoms with E-state index in [-0.39, 0.29) is 0 Å². The number of nitrogens with zero attached hydrogens (tertiary/aromatic N) is 2. The lowest BCUT2D eigenvalue weighted by Gasteiger charge is -2.54. The molecule has 1 aromatic rings. The van der Waals surface area contributed by atoms with Crippen molar-refractivity contribution in [3.63, 3.8) is 0 Å². The lowest BCUT2D eigenvalue weighted by molar-refractivity contribution is 0.135. The monoisotopic (exact) mass is 661 g/mol. The molecular weight excluding hydrogens is 581 g/mol. The Morgan fingerprint density at radius 1 is 0.375 bits per heavy atom. The van der Waals surface area contributed by atoms with Gasteiger partial charge in [0.2, 0.25) is 0 Å². The molecule has 0 spiro atoms. The number of rotatable bonds is 10. The fourth-order valence-electron chi connectivity index (χ4n) is 11.9. The topological polar surface area (TPSA) is 6.48 Å². The lowest BCUT2D eigenvalue weighted by Crippen LogP contribution is -2.56. The lowest BCUT2D eigenvalue weighted by atomic mass is 9.69. The average Bonchev–Trinajstić information content (AvgIpc) is 3.02. The Bertz CT molecular complexity index is 953. The van der Waals surface area contributed by atoms with Gasteiger partial charge in [-0.15, -0.1) is 0 Å². The Kier molecular flexibility index (Phi) is 13.0. The molecule has 2 heteroatoms. The van der Waals surface area contributed by atoms with Crippen LogP contribution in [0.4, 0.5) is 11.4 Å². The molecule has 4 fully saturated rings. The van der Waals surface area contributed by atoms with Gasteiger partial charge in [-0.1, -0.05) is 109 Å². The first-order valence-corrected chi connectivity index (χ1v) is 21.4. The van der Waals surface area contributed by atoms with Gasteiger partial charge in [0, 0.05) is 35.5 Å². The van der Waals surface area contributed by atoms with Crippen LogP contribution in [-0.2, 0) is 0 Å². The molecule has 1 aromatic carbocycles. The molecule has 0 bridgehead atoms. The average molecular weight is 661 g/mol. The van der Waals surface area contributed by atoms with E-state index in [9.17, 15) is 0 Å². The maximum absolute atomic E-state index is 3.08. The van der Waals surface area contributed by atoms with Gasteiger partial charge in [-0.3, -0.25) is 0 Å². The maximum Gasteiger partial charge on any atom is 0.0372 e. The van der Waals surface area contributed by atoms with Crippen LogP contribution in [0.2, 0.25) is 0 Å². The van der Waals surface area contributed by atoms with Crippen molar-refractivity contribution in [2.75, 3.05) is 9.80 Å². The van der Waals surface area contributed by atoms with Crippen LogP contribution in [0.3, 0.4) is 0 Å². The highest BCUT2D eigenvalue weighted by atomic mass is 15.2. The second kappa shape index (κ2) is 16.4. The van der Waals surface area contributed by atoms with Crippen molar-refractivity contribution < 1.29 is 0 Å². The first-order valence-electron chi connectivity index (χ1n) is 21.4. The van der Waals surface area contributed by atoms with Crippen molar-refractivity contribution in [1.29, 1.82) is 0 Å². The van der Waals surface area contributed by atoms with Crippen molar-refractivity contribution in [3.05, 3.63) is 24.3 Å². The van der Waals surface area contributed by atoms with E-state index in [1.807, 2.05) is 0 Å². The third-order valence-corrected chi connectivity index (χ3v) is 14.8. The van der Waals surface area contributed by atoms with Crippen molar-refractivity contribution >= 4 is 11.4 Å². The highest BCUT2D eigenvalue weighted by Gasteiger charge is 2.44. The molecular formula is C46H80N2. The van der Waals surface area contributed by atoms with E-state index in [0.717, 1.165) is 71.0 Å². The van der Waals surface area contributed by atoms with Gasteiger partial charge in [0.25, 0.3) is 0 Å². The molecule has 4 aliphatic rings. The van der Waals surface area contributed by atoms with E-state index in [4.69, 9.17) is 0 Å². The molecule has 12 atom stereocenters. The summed E-state index contributed by atoms with van der Waals surface area (Å²) >= 11 is 0. The zero-order chi connectivity index (χ0) is 34.9. The van der Waals surface area contributed by atoms with Gasteiger partial charge in [0.15, 0.2) is 0 Å². The third-order valence-electron chi connectivity index (χ3n) is 14.8. The minimum absolute atomic E-state index is 0.654. The molecule has 0 aromatic heterocycles. The Morgan fingerprint density at radius 3 is 0.771 bits per heavy atom. The van der Waals surface area contributed by atoms with Crippen LogP contribution >= 0.6 is 0 Å². The van der Waals surface area contributed by atoms with Gasteiger partial charge in [-0.25, -0.2) is 0 Å². The zero-order valence-corrected chi connectivity index (χ0v) is 33.9. The molecule has 0 heterocycles. The minimum atomic E-state index is 0.654. The smallest absolute Gasteiger partial charge is 0.0372 e. The number of hydrogen-bond acceptors (Lipinski definition) is 2. The van der Waals surface area contributed by atoms with Gasteiger partial charge in [0.05, 0.1) is 0 Å². The summed E-state index contributed by atoms with van der Waals surface area (Å²) in [5.74, 6) is 9.38. The summed E-state index contributed by atoms with van der Waals surface area (Å²) in [4.78, 5) is 6.15. The van der Waals surface area contributed by atoms with Crippen LogP contribution in [-0.4, -0.2) is 24.2 Å². The third kappa shape index (κ3) is 8.47. The Morgan fingerprint density at radius 2 is 0.583 bits per heavy atom. The van der Waals surface area contributed by atoms with E-state index in [0.29, 0.717) is 24.2 Å². The molecule has 2 nitrogen and oxygen atoms in total. The molecule has 0 saturated heterocycles. The maximum atomic E-state index is 3.08. The van der Waals surface area contributed by atoms with Crippen molar-refractivity contribution in [2.24, 2.45) is 71.0 Å². The Balaban J connectivity index is 1.60. The molecule has 48 heavy (non-hydrogen) atoms. The number of hydrogen-bond donors (Lipinski definition) is 0. The Labute approximate surface area is 300 Å². The molecule has 0 aliphatic heterocycles. The van der Waals surface area contributed by atoms with Crippen molar-refractivity contribution in [3.8, 4) is 0 Å². The molecule has 5 rings (SSSR count). The predicted octanol–water partition coefficient (Wildman–Crippen LogP) is 13.1. The molecule has 4 aliphatic carbocycles. The van der Waals surface area contributed by atoms with Crippen LogP contribution in [0.15, 0.2) is 24.3 Å². The summed E-state index contributed by atoms with van der Waals surface area (Å²) in [6.07, 6.45) is 16.6. The highest BCUT2D eigenvalue weighted by molar-refractivity contribution is 5.59. The second-order valence-corrected chi connectivity index (χ2v) is 19.9. The largest absolute Gasteiger partial charge is 0.365 e. The van der Waals surface area contributed by atoms with Gasteiger partial charge in [0.1, 0.15) is 0 Å². The van der Waals surface area contributed by atoms with Crippen LogP contribution in [0.1, 0.15) is 160 Å². The van der Waals surface area contributed by atoms with E-state index in [1.54, 1.807) is 0 Å². The van der Waals surface area contributed by atoms with Crippen molar-refractivity contribution in [1.82, 2.24) is 0 Å². The van der Waals surface area contributed by atoms with E-state index >= 15 is 0 Å². The highest BCUT2D eigenvalue weighted by Crippen LogP contribution is 2.48. The summed E-state index contributed by atoms with van der Waals surface area (Å²) in [7, 11) is 0.